The van der Waals surface area contributed by atoms with E-state index >= 15 is 0 Å². The summed E-state index contributed by atoms with van der Waals surface area (Å²) in [6, 6.07) is 26.6. The first-order chi connectivity index (χ1) is 12.7. The van der Waals surface area contributed by atoms with E-state index in [1.165, 1.54) is 16.8 Å². The van der Waals surface area contributed by atoms with Crippen molar-refractivity contribution in [1.82, 2.24) is 0 Å². The molecule has 1 aliphatic rings. The van der Waals surface area contributed by atoms with E-state index in [0.717, 1.165) is 23.0 Å². The van der Waals surface area contributed by atoms with Crippen LogP contribution in [0.3, 0.4) is 0 Å². The highest BCUT2D eigenvalue weighted by Gasteiger charge is 2.28. The fraction of sp³-hybridized carbons (Fsp3) is 0.174. The lowest BCUT2D eigenvalue weighted by Crippen LogP contribution is -2.28. The fourth-order valence-corrected chi connectivity index (χ4v) is 3.96. The Balaban J connectivity index is 1.66. The van der Waals surface area contributed by atoms with Crippen LogP contribution < -0.4 is 4.90 Å². The third-order valence-electron chi connectivity index (χ3n) is 5.03. The summed E-state index contributed by atoms with van der Waals surface area (Å²) < 4.78 is 0.988. The topological polar surface area (TPSA) is 20.3 Å². The quantitative estimate of drug-likeness (QED) is 0.497. The molecule has 0 bridgehead atoms. The van der Waals surface area contributed by atoms with Crippen molar-refractivity contribution in [3.05, 3.63) is 100 Å². The molecular weight excluding hydrogens is 386 g/mol. The van der Waals surface area contributed by atoms with Crippen LogP contribution in [0.2, 0.25) is 0 Å². The first kappa shape index (κ1) is 17.0. The van der Waals surface area contributed by atoms with Crippen LogP contribution in [-0.4, -0.2) is 12.3 Å². The average Bonchev–Trinajstić information content (AvgIpc) is 3.11. The summed E-state index contributed by atoms with van der Waals surface area (Å²) in [4.78, 5) is 15.4. The van der Waals surface area contributed by atoms with E-state index in [1.54, 1.807) is 0 Å². The van der Waals surface area contributed by atoms with Gasteiger partial charge in [-0.15, -0.1) is 0 Å². The van der Waals surface area contributed by atoms with Gasteiger partial charge in [0.25, 0.3) is 0 Å². The Hall–Kier alpha value is -2.39. The van der Waals surface area contributed by atoms with Crippen molar-refractivity contribution in [3.63, 3.8) is 0 Å². The lowest BCUT2D eigenvalue weighted by atomic mass is 9.96. The smallest absolute Gasteiger partial charge is 0.165 e. The molecule has 0 N–H and O–H groups in total. The summed E-state index contributed by atoms with van der Waals surface area (Å²) in [5, 5.41) is 0. The molecular formula is C23H20BrNO. The van der Waals surface area contributed by atoms with Crippen LogP contribution in [0.5, 0.6) is 0 Å². The Morgan fingerprint density at radius 2 is 1.62 bits per heavy atom. The summed E-state index contributed by atoms with van der Waals surface area (Å²) in [6.45, 7) is 0.951. The Morgan fingerprint density at radius 3 is 2.38 bits per heavy atom. The van der Waals surface area contributed by atoms with Gasteiger partial charge in [-0.05, 0) is 35.7 Å². The van der Waals surface area contributed by atoms with Gasteiger partial charge in [-0.2, -0.15) is 0 Å². The summed E-state index contributed by atoms with van der Waals surface area (Å²) >= 11 is 3.43. The van der Waals surface area contributed by atoms with E-state index in [9.17, 15) is 4.79 Å². The number of Topliss-reactive ketones (excluding diaryl/α,β-unsaturated/α-hetero) is 1. The molecule has 3 aromatic carbocycles. The Bertz CT molecular complexity index is 905. The van der Waals surface area contributed by atoms with E-state index in [-0.39, 0.29) is 11.8 Å². The van der Waals surface area contributed by atoms with Crippen molar-refractivity contribution in [3.8, 4) is 0 Å². The molecule has 0 aliphatic carbocycles. The van der Waals surface area contributed by atoms with Crippen LogP contribution in [-0.2, 0) is 6.42 Å². The van der Waals surface area contributed by atoms with Gasteiger partial charge in [-0.1, -0.05) is 76.6 Å². The summed E-state index contributed by atoms with van der Waals surface area (Å²) in [7, 11) is 0. The van der Waals surface area contributed by atoms with Crippen molar-refractivity contribution in [1.29, 1.82) is 0 Å². The number of anilines is 1. The van der Waals surface area contributed by atoms with Crippen molar-refractivity contribution >= 4 is 27.4 Å². The highest BCUT2D eigenvalue weighted by atomic mass is 79.9. The predicted octanol–water partition coefficient (Wildman–Crippen LogP) is 5.83. The van der Waals surface area contributed by atoms with Crippen LogP contribution in [0.25, 0.3) is 0 Å². The first-order valence-electron chi connectivity index (χ1n) is 8.90. The number of carbonyl (C=O) groups is 1. The Morgan fingerprint density at radius 1 is 0.923 bits per heavy atom. The molecule has 1 atom stereocenters. The van der Waals surface area contributed by atoms with Crippen LogP contribution >= 0.6 is 15.9 Å². The number of nitrogens with zero attached hydrogens (tertiary/aromatic N) is 1. The van der Waals surface area contributed by atoms with Gasteiger partial charge >= 0.3 is 0 Å². The van der Waals surface area contributed by atoms with Crippen molar-refractivity contribution in [2.24, 2.45) is 0 Å². The molecule has 130 valence electrons. The molecule has 0 amide bonds. The maximum atomic E-state index is 13.0. The number of hydrogen-bond donors (Lipinski definition) is 0. The zero-order chi connectivity index (χ0) is 17.9. The normalized spacial score (nSPS) is 14.1. The Kier molecular flexibility index (Phi) is 4.89. The molecule has 0 aromatic heterocycles. The van der Waals surface area contributed by atoms with Gasteiger partial charge < -0.3 is 4.90 Å². The number of halogens is 1. The Labute approximate surface area is 162 Å². The number of rotatable bonds is 5. The molecule has 3 heteroatoms. The molecule has 3 aromatic rings. The highest BCUT2D eigenvalue weighted by Crippen LogP contribution is 2.37. The predicted molar refractivity (Wildman–Crippen MR) is 110 cm³/mol. The van der Waals surface area contributed by atoms with Crippen molar-refractivity contribution in [2.75, 3.05) is 11.4 Å². The average molecular weight is 406 g/mol. The maximum absolute atomic E-state index is 13.0. The zero-order valence-electron chi connectivity index (χ0n) is 14.4. The largest absolute Gasteiger partial charge is 0.363 e. The molecule has 0 unspecified atom stereocenters. The van der Waals surface area contributed by atoms with E-state index in [1.807, 2.05) is 30.3 Å². The van der Waals surface area contributed by atoms with Crippen LogP contribution in [0.1, 0.15) is 33.9 Å². The van der Waals surface area contributed by atoms with Gasteiger partial charge in [0.15, 0.2) is 5.78 Å². The standard InChI is InChI=1S/C23H20BrNO/c24-20-12-10-19(11-13-20)23(26)16-22(17-6-2-1-3-7-17)25-15-14-18-8-4-5-9-21(18)25/h1-13,22H,14-16H2/t22-/m1/s1. The second-order valence-electron chi connectivity index (χ2n) is 6.63. The van der Waals surface area contributed by atoms with Gasteiger partial charge in [0, 0.05) is 28.7 Å². The SMILES string of the molecule is O=C(C[C@H](c1ccccc1)N1CCc2ccccc21)c1ccc(Br)cc1. The van der Waals surface area contributed by atoms with Gasteiger partial charge in [0.1, 0.15) is 0 Å². The van der Waals surface area contributed by atoms with Gasteiger partial charge in [-0.3, -0.25) is 4.79 Å². The van der Waals surface area contributed by atoms with E-state index in [0.29, 0.717) is 6.42 Å². The third-order valence-corrected chi connectivity index (χ3v) is 5.56. The minimum absolute atomic E-state index is 0.0518. The molecule has 0 saturated carbocycles. The number of hydrogen-bond acceptors (Lipinski definition) is 2. The third kappa shape index (κ3) is 3.45. The molecule has 26 heavy (non-hydrogen) atoms. The van der Waals surface area contributed by atoms with E-state index in [4.69, 9.17) is 0 Å². The second kappa shape index (κ2) is 7.46. The number of fused-ring (bicyclic) bond motifs is 1. The first-order valence-corrected chi connectivity index (χ1v) is 9.70. The molecule has 1 heterocycles. The van der Waals surface area contributed by atoms with E-state index in [2.05, 4.69) is 69.4 Å². The monoisotopic (exact) mass is 405 g/mol. The van der Waals surface area contributed by atoms with Crippen LogP contribution in [0.15, 0.2) is 83.3 Å². The summed E-state index contributed by atoms with van der Waals surface area (Å²) in [5.74, 6) is 0.177. The highest BCUT2D eigenvalue weighted by molar-refractivity contribution is 9.10. The van der Waals surface area contributed by atoms with Crippen LogP contribution in [0.4, 0.5) is 5.69 Å². The molecule has 0 saturated heterocycles. The molecule has 0 spiro atoms. The number of ketones is 1. The number of benzene rings is 3. The lowest BCUT2D eigenvalue weighted by molar-refractivity contribution is 0.0973. The summed E-state index contributed by atoms with van der Waals surface area (Å²) in [5.41, 5.74) is 4.57. The van der Waals surface area contributed by atoms with Gasteiger partial charge in [0.05, 0.1) is 6.04 Å². The molecule has 0 radical (unpaired) electrons. The number of para-hydroxylation sites is 1. The van der Waals surface area contributed by atoms with Gasteiger partial charge in [-0.25, -0.2) is 0 Å². The second-order valence-corrected chi connectivity index (χ2v) is 7.55. The molecule has 4 rings (SSSR count). The fourth-order valence-electron chi connectivity index (χ4n) is 3.70. The van der Waals surface area contributed by atoms with Crippen LogP contribution in [0, 0.1) is 0 Å². The van der Waals surface area contributed by atoms with Crippen molar-refractivity contribution < 1.29 is 4.79 Å². The molecule has 1 aliphatic heterocycles. The summed E-state index contributed by atoms with van der Waals surface area (Å²) in [6.07, 6.45) is 1.51. The van der Waals surface area contributed by atoms with E-state index < -0.39 is 0 Å². The van der Waals surface area contributed by atoms with Gasteiger partial charge in [0.2, 0.25) is 0 Å². The van der Waals surface area contributed by atoms with Crippen molar-refractivity contribution in [2.45, 2.75) is 18.9 Å². The molecule has 0 fully saturated rings. The minimum atomic E-state index is 0.0518. The minimum Gasteiger partial charge on any atom is -0.363 e. The zero-order valence-corrected chi connectivity index (χ0v) is 16.0. The lowest BCUT2D eigenvalue weighted by Gasteiger charge is -2.30. The maximum Gasteiger partial charge on any atom is 0.165 e. The molecule has 2 nitrogen and oxygen atoms in total. The number of carbonyl (C=O) groups excluding carboxylic acids is 1.